The van der Waals surface area contributed by atoms with Crippen LogP contribution in [0.15, 0.2) is 58.7 Å². The van der Waals surface area contributed by atoms with Crippen LogP contribution in [-0.4, -0.2) is 21.7 Å². The molecule has 2 heterocycles. The zero-order chi connectivity index (χ0) is 22.2. The molecule has 0 aliphatic heterocycles. The van der Waals surface area contributed by atoms with Crippen molar-refractivity contribution < 1.29 is 4.79 Å². The Balaban J connectivity index is 1.38. The van der Waals surface area contributed by atoms with Gasteiger partial charge in [-0.05, 0) is 48.4 Å². The number of aromatic nitrogens is 2. The third kappa shape index (κ3) is 3.62. The summed E-state index contributed by atoms with van der Waals surface area (Å²) in [5.74, 6) is 0.268. The molecule has 1 aliphatic carbocycles. The lowest BCUT2D eigenvalue weighted by Gasteiger charge is -2.18. The molecule has 2 atom stereocenters. The standard InChI is InChI=1S/C25H24N4O2S/c1-15-10-11-20-21(12-15)32-24-22(20)25(31)29(14-26-24)16(2)23(30)28-27-13-18-8-5-7-17-6-3-4-9-19(17)18/h3-9,13-16H,10-12H2,1-2H3,(H,28,30)/b27-13-/t15-,16-/m0/s1. The second kappa shape index (κ2) is 8.31. The zero-order valence-electron chi connectivity index (χ0n) is 18.0. The number of hydrogen-bond donors (Lipinski definition) is 1. The SMILES string of the molecule is C[C@H]1CCc2c(sc3ncn([C@@H](C)C(=O)N/N=C\c4cccc5ccccc45)c(=O)c23)C1. The van der Waals surface area contributed by atoms with Gasteiger partial charge >= 0.3 is 0 Å². The van der Waals surface area contributed by atoms with Crippen molar-refractivity contribution in [3.05, 3.63) is 75.1 Å². The van der Waals surface area contributed by atoms with Crippen LogP contribution in [0.3, 0.4) is 0 Å². The summed E-state index contributed by atoms with van der Waals surface area (Å²) in [4.78, 5) is 32.5. The molecule has 32 heavy (non-hydrogen) atoms. The Kier molecular flexibility index (Phi) is 5.35. The molecule has 0 bridgehead atoms. The number of amides is 1. The average molecular weight is 445 g/mol. The number of fused-ring (bicyclic) bond motifs is 4. The summed E-state index contributed by atoms with van der Waals surface area (Å²) in [7, 11) is 0. The Morgan fingerprint density at radius 1 is 1.28 bits per heavy atom. The van der Waals surface area contributed by atoms with Gasteiger partial charge in [-0.2, -0.15) is 5.10 Å². The van der Waals surface area contributed by atoms with E-state index in [2.05, 4.69) is 22.4 Å². The van der Waals surface area contributed by atoms with Gasteiger partial charge in [-0.15, -0.1) is 11.3 Å². The highest BCUT2D eigenvalue weighted by atomic mass is 32.1. The van der Waals surface area contributed by atoms with Gasteiger partial charge in [-0.25, -0.2) is 10.4 Å². The molecule has 0 fully saturated rings. The molecule has 0 saturated heterocycles. The summed E-state index contributed by atoms with van der Waals surface area (Å²) >= 11 is 1.61. The van der Waals surface area contributed by atoms with E-state index in [1.54, 1.807) is 24.5 Å². The van der Waals surface area contributed by atoms with Gasteiger partial charge in [0.25, 0.3) is 11.5 Å². The molecular weight excluding hydrogens is 420 g/mol. The number of thiophene rings is 1. The zero-order valence-corrected chi connectivity index (χ0v) is 18.9. The number of carbonyl (C=O) groups is 1. The average Bonchev–Trinajstić information content (AvgIpc) is 3.17. The first kappa shape index (κ1) is 20.6. The Morgan fingerprint density at radius 2 is 2.09 bits per heavy atom. The maximum atomic E-state index is 13.2. The summed E-state index contributed by atoms with van der Waals surface area (Å²) in [5, 5.41) is 6.99. The van der Waals surface area contributed by atoms with E-state index >= 15 is 0 Å². The van der Waals surface area contributed by atoms with Crippen LogP contribution in [0, 0.1) is 5.92 Å². The first-order valence-electron chi connectivity index (χ1n) is 10.8. The molecule has 0 radical (unpaired) electrons. The molecule has 0 unspecified atom stereocenters. The van der Waals surface area contributed by atoms with Crippen LogP contribution in [0.1, 0.15) is 42.3 Å². The molecule has 0 saturated carbocycles. The minimum absolute atomic E-state index is 0.150. The lowest BCUT2D eigenvalue weighted by molar-refractivity contribution is -0.123. The number of carbonyl (C=O) groups excluding carboxylic acids is 1. The minimum atomic E-state index is -0.720. The summed E-state index contributed by atoms with van der Waals surface area (Å²) in [5.41, 5.74) is 4.46. The normalized spacial score (nSPS) is 17.0. The molecule has 5 rings (SSSR count). The fraction of sp³-hybridized carbons (Fsp3) is 0.280. The van der Waals surface area contributed by atoms with Crippen LogP contribution in [0.2, 0.25) is 0 Å². The third-order valence-corrected chi connectivity index (χ3v) is 7.40. The second-order valence-corrected chi connectivity index (χ2v) is 9.55. The van der Waals surface area contributed by atoms with Crippen LogP contribution >= 0.6 is 11.3 Å². The van der Waals surface area contributed by atoms with Crippen molar-refractivity contribution in [3.63, 3.8) is 0 Å². The van der Waals surface area contributed by atoms with Gasteiger partial charge in [0, 0.05) is 10.4 Å². The molecular formula is C25H24N4O2S. The topological polar surface area (TPSA) is 76.3 Å². The van der Waals surface area contributed by atoms with E-state index in [9.17, 15) is 9.59 Å². The number of nitrogens with one attached hydrogen (secondary N) is 1. The van der Waals surface area contributed by atoms with E-state index in [0.717, 1.165) is 46.0 Å². The molecule has 2 aromatic heterocycles. The van der Waals surface area contributed by atoms with Crippen LogP contribution < -0.4 is 11.0 Å². The quantitative estimate of drug-likeness (QED) is 0.373. The van der Waals surface area contributed by atoms with Crippen LogP contribution in [0.5, 0.6) is 0 Å². The Bertz CT molecular complexity index is 1410. The van der Waals surface area contributed by atoms with Gasteiger partial charge in [0.05, 0.1) is 17.9 Å². The van der Waals surface area contributed by atoms with Gasteiger partial charge in [0.2, 0.25) is 0 Å². The molecule has 162 valence electrons. The van der Waals surface area contributed by atoms with E-state index in [1.807, 2.05) is 42.5 Å². The van der Waals surface area contributed by atoms with Crippen LogP contribution in [0.4, 0.5) is 0 Å². The molecule has 6 nitrogen and oxygen atoms in total. The van der Waals surface area contributed by atoms with E-state index < -0.39 is 6.04 Å². The van der Waals surface area contributed by atoms with Crippen molar-refractivity contribution in [2.24, 2.45) is 11.0 Å². The summed E-state index contributed by atoms with van der Waals surface area (Å²) in [6, 6.07) is 13.2. The monoisotopic (exact) mass is 444 g/mol. The van der Waals surface area contributed by atoms with E-state index in [4.69, 9.17) is 0 Å². The van der Waals surface area contributed by atoms with E-state index in [-0.39, 0.29) is 11.5 Å². The van der Waals surface area contributed by atoms with Crippen LogP contribution in [-0.2, 0) is 17.6 Å². The fourth-order valence-electron chi connectivity index (χ4n) is 4.37. The maximum Gasteiger partial charge on any atom is 0.263 e. The minimum Gasteiger partial charge on any atom is -0.286 e. The van der Waals surface area contributed by atoms with Crippen molar-refractivity contribution >= 4 is 44.4 Å². The first-order valence-corrected chi connectivity index (χ1v) is 11.7. The predicted molar refractivity (Wildman–Crippen MR) is 129 cm³/mol. The van der Waals surface area contributed by atoms with Crippen molar-refractivity contribution in [1.82, 2.24) is 15.0 Å². The van der Waals surface area contributed by atoms with E-state index in [1.165, 1.54) is 15.8 Å². The first-order chi connectivity index (χ1) is 15.5. The molecule has 1 N–H and O–H groups in total. The van der Waals surface area contributed by atoms with Gasteiger partial charge in [-0.1, -0.05) is 49.4 Å². The van der Waals surface area contributed by atoms with Crippen molar-refractivity contribution in [3.8, 4) is 0 Å². The number of nitrogens with zero attached hydrogens (tertiary/aromatic N) is 3. The summed E-state index contributed by atoms with van der Waals surface area (Å²) in [6.45, 7) is 3.93. The maximum absolute atomic E-state index is 13.2. The third-order valence-electron chi connectivity index (χ3n) is 6.24. The lowest BCUT2D eigenvalue weighted by Crippen LogP contribution is -2.34. The predicted octanol–water partition coefficient (Wildman–Crippen LogP) is 4.45. The molecule has 0 spiro atoms. The number of hydrogen-bond acceptors (Lipinski definition) is 5. The Labute approximate surface area is 189 Å². The number of rotatable bonds is 4. The van der Waals surface area contributed by atoms with Gasteiger partial charge in [-0.3, -0.25) is 14.2 Å². The van der Waals surface area contributed by atoms with Gasteiger partial charge in [0.1, 0.15) is 10.9 Å². The van der Waals surface area contributed by atoms with Crippen molar-refractivity contribution in [2.75, 3.05) is 0 Å². The largest absolute Gasteiger partial charge is 0.286 e. The molecule has 1 aliphatic rings. The summed E-state index contributed by atoms with van der Waals surface area (Å²) in [6.07, 6.45) is 6.08. The van der Waals surface area contributed by atoms with Crippen molar-refractivity contribution in [2.45, 2.75) is 39.2 Å². The number of hydrazone groups is 1. The number of benzene rings is 2. The van der Waals surface area contributed by atoms with E-state index in [0.29, 0.717) is 11.3 Å². The highest BCUT2D eigenvalue weighted by Crippen LogP contribution is 2.35. The summed E-state index contributed by atoms with van der Waals surface area (Å²) < 4.78 is 1.41. The van der Waals surface area contributed by atoms with Crippen LogP contribution in [0.25, 0.3) is 21.0 Å². The second-order valence-electron chi connectivity index (χ2n) is 8.47. The molecule has 4 aromatic rings. The highest BCUT2D eigenvalue weighted by Gasteiger charge is 2.25. The van der Waals surface area contributed by atoms with Gasteiger partial charge in [0.15, 0.2) is 0 Å². The molecule has 1 amide bonds. The Morgan fingerprint density at radius 3 is 2.97 bits per heavy atom. The number of aryl methyl sites for hydroxylation is 1. The lowest BCUT2D eigenvalue weighted by atomic mass is 9.89. The molecule has 7 heteroatoms. The highest BCUT2D eigenvalue weighted by molar-refractivity contribution is 7.18. The van der Waals surface area contributed by atoms with Gasteiger partial charge < -0.3 is 0 Å². The molecule has 2 aromatic carbocycles. The smallest absolute Gasteiger partial charge is 0.263 e. The fourth-order valence-corrected chi connectivity index (χ4v) is 5.71. The Hall–Kier alpha value is -3.32. The van der Waals surface area contributed by atoms with Crippen molar-refractivity contribution in [1.29, 1.82) is 0 Å².